The van der Waals surface area contributed by atoms with Crippen LogP contribution in [0.25, 0.3) is 22.5 Å². The van der Waals surface area contributed by atoms with E-state index in [0.29, 0.717) is 17.8 Å². The highest BCUT2D eigenvalue weighted by atomic mass is 15.3. The number of benzene rings is 2. The van der Waals surface area contributed by atoms with E-state index in [1.807, 2.05) is 0 Å². The Bertz CT molecular complexity index is 967. The Labute approximate surface area is 175 Å². The molecule has 3 nitrogen and oxygen atoms in total. The van der Waals surface area contributed by atoms with Crippen molar-refractivity contribution >= 4 is 0 Å². The second-order valence-corrected chi connectivity index (χ2v) is 9.12. The number of rotatable bonds is 5. The van der Waals surface area contributed by atoms with Gasteiger partial charge in [-0.25, -0.2) is 0 Å². The van der Waals surface area contributed by atoms with Gasteiger partial charge in [0.15, 0.2) is 0 Å². The van der Waals surface area contributed by atoms with Gasteiger partial charge < -0.3 is 0 Å². The molecule has 0 atom stereocenters. The molecule has 0 saturated heterocycles. The van der Waals surface area contributed by atoms with E-state index in [2.05, 4.69) is 107 Å². The minimum Gasteiger partial charge on any atom is -0.130 e. The molecule has 3 aromatic rings. The molecule has 0 radical (unpaired) electrons. The molecule has 0 spiro atoms. The van der Waals surface area contributed by atoms with Gasteiger partial charge in [-0.05, 0) is 71.7 Å². The average Bonchev–Trinajstić information content (AvgIpc) is 2.66. The fourth-order valence-corrected chi connectivity index (χ4v) is 3.94. The third-order valence-corrected chi connectivity index (χ3v) is 5.48. The van der Waals surface area contributed by atoms with Gasteiger partial charge in [-0.2, -0.15) is 0 Å². The Balaban J connectivity index is 2.25. The van der Waals surface area contributed by atoms with Crippen LogP contribution in [0.1, 0.15) is 87.1 Å². The summed E-state index contributed by atoms with van der Waals surface area (Å²) in [5, 5.41) is 13.0. The van der Waals surface area contributed by atoms with Gasteiger partial charge in [0.25, 0.3) is 0 Å². The monoisotopic (exact) mass is 387 g/mol. The fraction of sp³-hybridized carbons (Fsp3) is 0.423. The maximum absolute atomic E-state index is 4.48. The van der Waals surface area contributed by atoms with Gasteiger partial charge in [0.1, 0.15) is 0 Å². The summed E-state index contributed by atoms with van der Waals surface area (Å²) in [6, 6.07) is 13.3. The van der Waals surface area contributed by atoms with Gasteiger partial charge in [0, 0.05) is 11.1 Å². The molecule has 0 saturated carbocycles. The summed E-state index contributed by atoms with van der Waals surface area (Å²) in [6.45, 7) is 17.8. The van der Waals surface area contributed by atoms with Gasteiger partial charge in [-0.3, -0.25) is 0 Å². The van der Waals surface area contributed by atoms with E-state index in [9.17, 15) is 0 Å². The molecule has 0 N–H and O–H groups in total. The Morgan fingerprint density at radius 2 is 1.10 bits per heavy atom. The predicted octanol–water partition coefficient (Wildman–Crippen LogP) is 7.19. The summed E-state index contributed by atoms with van der Waals surface area (Å²) >= 11 is 0. The maximum Gasteiger partial charge on any atom is 0.0975 e. The number of hydrogen-bond acceptors (Lipinski definition) is 3. The third-order valence-electron chi connectivity index (χ3n) is 5.48. The first-order valence-corrected chi connectivity index (χ1v) is 10.6. The summed E-state index contributed by atoms with van der Waals surface area (Å²) in [4.78, 5) is 0. The highest BCUT2D eigenvalue weighted by molar-refractivity contribution is 5.74. The molecule has 0 unspecified atom stereocenters. The Morgan fingerprint density at radius 3 is 1.59 bits per heavy atom. The molecule has 29 heavy (non-hydrogen) atoms. The number of aryl methyl sites for hydroxylation is 2. The van der Waals surface area contributed by atoms with Gasteiger partial charge in [0.2, 0.25) is 0 Å². The molecule has 0 amide bonds. The zero-order valence-corrected chi connectivity index (χ0v) is 19.0. The second-order valence-electron chi connectivity index (χ2n) is 9.12. The smallest absolute Gasteiger partial charge is 0.0975 e. The topological polar surface area (TPSA) is 38.7 Å². The number of hydrogen-bond donors (Lipinski definition) is 0. The minimum absolute atomic E-state index is 0.404. The van der Waals surface area contributed by atoms with Crippen LogP contribution in [0.3, 0.4) is 0 Å². The molecule has 0 bridgehead atoms. The Kier molecular flexibility index (Phi) is 6.16. The molecule has 2 aromatic carbocycles. The van der Waals surface area contributed by atoms with E-state index in [0.717, 1.165) is 17.0 Å². The highest BCUT2D eigenvalue weighted by Crippen LogP contribution is 2.38. The molecule has 1 aromatic heterocycles. The molecular weight excluding hydrogens is 354 g/mol. The van der Waals surface area contributed by atoms with Crippen molar-refractivity contribution in [3.8, 4) is 22.5 Å². The first-order valence-electron chi connectivity index (χ1n) is 10.6. The van der Waals surface area contributed by atoms with Crippen molar-refractivity contribution in [3.63, 3.8) is 0 Å². The lowest BCUT2D eigenvalue weighted by Gasteiger charge is -2.22. The van der Waals surface area contributed by atoms with Crippen LogP contribution in [0, 0.1) is 13.8 Å². The second kappa shape index (κ2) is 8.44. The van der Waals surface area contributed by atoms with Crippen LogP contribution >= 0.6 is 0 Å². The molecule has 0 aliphatic heterocycles. The predicted molar refractivity (Wildman–Crippen MR) is 122 cm³/mol. The molecule has 0 aliphatic rings. The molecule has 0 fully saturated rings. The van der Waals surface area contributed by atoms with Gasteiger partial charge in [0.05, 0.1) is 11.4 Å². The number of aromatic nitrogens is 3. The van der Waals surface area contributed by atoms with Crippen LogP contribution in [-0.2, 0) is 0 Å². The minimum atomic E-state index is 0.404. The molecule has 3 rings (SSSR count). The molecule has 1 heterocycles. The summed E-state index contributed by atoms with van der Waals surface area (Å²) in [5.41, 5.74) is 10.6. The van der Waals surface area contributed by atoms with Crippen molar-refractivity contribution < 1.29 is 0 Å². The van der Waals surface area contributed by atoms with Gasteiger partial charge in [-0.15, -0.1) is 10.2 Å². The highest BCUT2D eigenvalue weighted by Gasteiger charge is 2.20. The average molecular weight is 388 g/mol. The molecular formula is C26H33N3. The molecule has 152 valence electrons. The Morgan fingerprint density at radius 1 is 0.586 bits per heavy atom. The maximum atomic E-state index is 4.48. The van der Waals surface area contributed by atoms with E-state index < -0.39 is 0 Å². The summed E-state index contributed by atoms with van der Waals surface area (Å²) in [6.07, 6.45) is 0. The molecule has 3 heteroatoms. The van der Waals surface area contributed by atoms with Crippen molar-refractivity contribution in [3.05, 3.63) is 64.2 Å². The summed E-state index contributed by atoms with van der Waals surface area (Å²) in [5.74, 6) is 1.30. The van der Waals surface area contributed by atoms with Crippen molar-refractivity contribution in [2.75, 3.05) is 0 Å². The lowest BCUT2D eigenvalue weighted by atomic mass is 9.83. The van der Waals surface area contributed by atoms with Gasteiger partial charge in [-0.1, -0.05) is 70.9 Å². The van der Waals surface area contributed by atoms with Crippen LogP contribution in [0.2, 0.25) is 0 Å². The van der Waals surface area contributed by atoms with Crippen molar-refractivity contribution in [2.45, 2.75) is 73.1 Å². The summed E-state index contributed by atoms with van der Waals surface area (Å²) < 4.78 is 0. The zero-order chi connectivity index (χ0) is 21.3. The lowest BCUT2D eigenvalue weighted by molar-refractivity contribution is 0.801. The Hall–Kier alpha value is -2.55. The lowest BCUT2D eigenvalue weighted by Crippen LogP contribution is -2.06. The van der Waals surface area contributed by atoms with Crippen molar-refractivity contribution in [1.29, 1.82) is 0 Å². The van der Waals surface area contributed by atoms with Crippen LogP contribution in [0.15, 0.2) is 36.4 Å². The SMILES string of the molecule is Cc1cc(C)cc(-c2cc(-c3c(C(C)C)cc(C(C)C)cc3C(C)C)nnn2)c1. The normalized spacial score (nSPS) is 11.7. The van der Waals surface area contributed by atoms with E-state index in [1.165, 1.54) is 33.4 Å². The van der Waals surface area contributed by atoms with E-state index in [1.54, 1.807) is 0 Å². The van der Waals surface area contributed by atoms with E-state index in [4.69, 9.17) is 0 Å². The first kappa shape index (κ1) is 21.2. The zero-order valence-electron chi connectivity index (χ0n) is 19.0. The van der Waals surface area contributed by atoms with Crippen LogP contribution < -0.4 is 0 Å². The largest absolute Gasteiger partial charge is 0.130 e. The summed E-state index contributed by atoms with van der Waals surface area (Å²) in [7, 11) is 0. The third kappa shape index (κ3) is 4.55. The van der Waals surface area contributed by atoms with Crippen molar-refractivity contribution in [2.24, 2.45) is 0 Å². The van der Waals surface area contributed by atoms with E-state index >= 15 is 0 Å². The quantitative estimate of drug-likeness (QED) is 0.465. The van der Waals surface area contributed by atoms with Crippen molar-refractivity contribution in [1.82, 2.24) is 15.4 Å². The van der Waals surface area contributed by atoms with Crippen LogP contribution in [0.4, 0.5) is 0 Å². The molecule has 0 aliphatic carbocycles. The standard InChI is InChI=1S/C26H33N3/c1-15(2)20-12-22(16(3)4)26(23(13-20)17(5)6)25-14-24(27-29-28-25)21-10-18(7)9-19(8)11-21/h9-17H,1-8H3. The number of nitrogens with zero attached hydrogens (tertiary/aromatic N) is 3. The van der Waals surface area contributed by atoms with Crippen LogP contribution in [-0.4, -0.2) is 15.4 Å². The first-order chi connectivity index (χ1) is 13.7. The van der Waals surface area contributed by atoms with E-state index in [-0.39, 0.29) is 0 Å². The van der Waals surface area contributed by atoms with Crippen LogP contribution in [0.5, 0.6) is 0 Å². The van der Waals surface area contributed by atoms with Gasteiger partial charge >= 0.3 is 0 Å². The fourth-order valence-electron chi connectivity index (χ4n) is 3.94.